The first-order valence-corrected chi connectivity index (χ1v) is 11.6. The fourth-order valence-electron chi connectivity index (χ4n) is 3.15. The van der Waals surface area contributed by atoms with Crippen LogP contribution in [-0.2, 0) is 10.0 Å². The molecule has 172 valence electrons. The number of halogens is 1. The number of amides is 1. The van der Waals surface area contributed by atoms with Gasteiger partial charge in [0, 0.05) is 6.07 Å². The highest BCUT2D eigenvalue weighted by Crippen LogP contribution is 2.33. The zero-order valence-corrected chi connectivity index (χ0v) is 18.2. The smallest absolute Gasteiger partial charge is 0.262 e. The maximum atomic E-state index is 13.6. The molecule has 0 bridgehead atoms. The zero-order valence-electron chi connectivity index (χ0n) is 17.4. The zero-order chi connectivity index (χ0) is 23.3. The topological polar surface area (TPSA) is 103 Å². The SMILES string of the molecule is O=C(NCCOc1ccccc1F)c1ccccc1NS(=O)(=O)c1ccc2c(c1)OCCO2. The summed E-state index contributed by atoms with van der Waals surface area (Å²) in [6.07, 6.45) is 0. The van der Waals surface area contributed by atoms with Crippen LogP contribution in [0.4, 0.5) is 10.1 Å². The second kappa shape index (κ2) is 9.78. The average Bonchev–Trinajstić information content (AvgIpc) is 2.82. The molecule has 0 aliphatic carbocycles. The van der Waals surface area contributed by atoms with Gasteiger partial charge in [0.25, 0.3) is 15.9 Å². The Morgan fingerprint density at radius 3 is 2.52 bits per heavy atom. The third-order valence-corrected chi connectivity index (χ3v) is 6.08. The molecule has 0 fully saturated rings. The van der Waals surface area contributed by atoms with Crippen molar-refractivity contribution in [2.45, 2.75) is 4.90 Å². The van der Waals surface area contributed by atoms with E-state index in [1.165, 1.54) is 42.5 Å². The first-order valence-electron chi connectivity index (χ1n) is 10.1. The van der Waals surface area contributed by atoms with E-state index in [4.69, 9.17) is 14.2 Å². The van der Waals surface area contributed by atoms with Crippen LogP contribution in [0, 0.1) is 5.82 Å². The second-order valence-electron chi connectivity index (χ2n) is 6.99. The fraction of sp³-hybridized carbons (Fsp3) is 0.174. The van der Waals surface area contributed by atoms with Crippen LogP contribution in [0.1, 0.15) is 10.4 Å². The molecule has 0 saturated carbocycles. The molecule has 0 atom stereocenters. The van der Waals surface area contributed by atoms with E-state index >= 15 is 0 Å². The molecule has 1 aliphatic rings. The van der Waals surface area contributed by atoms with Gasteiger partial charge in [-0.3, -0.25) is 9.52 Å². The number of hydrogen-bond donors (Lipinski definition) is 2. The summed E-state index contributed by atoms with van der Waals surface area (Å²) in [4.78, 5) is 12.6. The van der Waals surface area contributed by atoms with E-state index in [1.807, 2.05) is 0 Å². The summed E-state index contributed by atoms with van der Waals surface area (Å²) >= 11 is 0. The van der Waals surface area contributed by atoms with E-state index in [9.17, 15) is 17.6 Å². The van der Waals surface area contributed by atoms with Gasteiger partial charge in [-0.15, -0.1) is 0 Å². The highest BCUT2D eigenvalue weighted by molar-refractivity contribution is 7.92. The molecule has 4 rings (SSSR count). The Morgan fingerprint density at radius 1 is 0.970 bits per heavy atom. The lowest BCUT2D eigenvalue weighted by Gasteiger charge is -2.19. The minimum Gasteiger partial charge on any atom is -0.489 e. The maximum absolute atomic E-state index is 13.6. The summed E-state index contributed by atoms with van der Waals surface area (Å²) < 4.78 is 58.1. The normalized spacial score (nSPS) is 12.6. The quantitative estimate of drug-likeness (QED) is 0.488. The molecule has 0 radical (unpaired) electrons. The number of benzene rings is 3. The van der Waals surface area contributed by atoms with Crippen LogP contribution in [0.5, 0.6) is 17.2 Å². The van der Waals surface area contributed by atoms with Crippen molar-refractivity contribution in [1.29, 1.82) is 0 Å². The predicted molar refractivity (Wildman–Crippen MR) is 119 cm³/mol. The van der Waals surface area contributed by atoms with Crippen LogP contribution in [0.2, 0.25) is 0 Å². The minimum absolute atomic E-state index is 0.0275. The van der Waals surface area contributed by atoms with E-state index in [1.54, 1.807) is 24.3 Å². The third kappa shape index (κ3) is 5.35. The van der Waals surface area contributed by atoms with E-state index in [-0.39, 0.29) is 35.0 Å². The highest BCUT2D eigenvalue weighted by Gasteiger charge is 2.21. The number of fused-ring (bicyclic) bond motifs is 1. The van der Waals surface area contributed by atoms with Crippen molar-refractivity contribution >= 4 is 21.6 Å². The Bertz CT molecular complexity index is 1270. The largest absolute Gasteiger partial charge is 0.489 e. The van der Waals surface area contributed by atoms with Crippen molar-refractivity contribution in [3.8, 4) is 17.2 Å². The number of nitrogens with one attached hydrogen (secondary N) is 2. The molecule has 1 heterocycles. The molecule has 0 saturated heterocycles. The molecule has 3 aromatic carbocycles. The molecular weight excluding hydrogens is 451 g/mol. The molecule has 0 spiro atoms. The Kier molecular flexibility index (Phi) is 6.64. The van der Waals surface area contributed by atoms with Gasteiger partial charge in [-0.2, -0.15) is 0 Å². The Labute approximate surface area is 190 Å². The van der Waals surface area contributed by atoms with Crippen molar-refractivity contribution < 1.29 is 31.8 Å². The summed E-state index contributed by atoms with van der Waals surface area (Å²) in [5.74, 6) is -0.114. The number of carbonyl (C=O) groups is 1. The van der Waals surface area contributed by atoms with Crippen LogP contribution < -0.4 is 24.2 Å². The number of carbonyl (C=O) groups excluding carboxylic acids is 1. The molecule has 2 N–H and O–H groups in total. The van der Waals surface area contributed by atoms with Gasteiger partial charge in [0.1, 0.15) is 19.8 Å². The summed E-state index contributed by atoms with van der Waals surface area (Å²) in [5, 5.41) is 2.64. The number of rotatable bonds is 8. The van der Waals surface area contributed by atoms with Gasteiger partial charge in [0.15, 0.2) is 23.1 Å². The first kappa shape index (κ1) is 22.4. The average molecular weight is 472 g/mol. The summed E-state index contributed by atoms with van der Waals surface area (Å²) in [6.45, 7) is 0.854. The lowest BCUT2D eigenvalue weighted by atomic mass is 10.1. The molecule has 0 unspecified atom stereocenters. The van der Waals surface area contributed by atoms with Gasteiger partial charge >= 0.3 is 0 Å². The summed E-state index contributed by atoms with van der Waals surface area (Å²) in [6, 6.07) is 16.5. The van der Waals surface area contributed by atoms with Gasteiger partial charge in [0.2, 0.25) is 0 Å². The Morgan fingerprint density at radius 2 is 1.70 bits per heavy atom. The number of para-hydroxylation sites is 2. The minimum atomic E-state index is -4.00. The highest BCUT2D eigenvalue weighted by atomic mass is 32.2. The fourth-order valence-corrected chi connectivity index (χ4v) is 4.24. The molecule has 1 aliphatic heterocycles. The molecule has 1 amide bonds. The van der Waals surface area contributed by atoms with Crippen molar-refractivity contribution in [1.82, 2.24) is 5.32 Å². The summed E-state index contributed by atoms with van der Waals surface area (Å²) in [7, 11) is -4.00. The van der Waals surface area contributed by atoms with E-state index in [0.717, 1.165) is 0 Å². The number of sulfonamides is 1. The van der Waals surface area contributed by atoms with Crippen LogP contribution in [0.25, 0.3) is 0 Å². The van der Waals surface area contributed by atoms with Crippen molar-refractivity contribution in [3.63, 3.8) is 0 Å². The summed E-state index contributed by atoms with van der Waals surface area (Å²) in [5.41, 5.74) is 0.240. The number of hydrogen-bond acceptors (Lipinski definition) is 6. The first-order chi connectivity index (χ1) is 15.9. The standard InChI is InChI=1S/C23H21FN2O6S/c24-18-6-2-4-8-20(18)30-12-11-25-23(27)17-5-1-3-7-19(17)26-33(28,29)16-9-10-21-22(15-16)32-14-13-31-21/h1-10,15,26H,11-14H2,(H,25,27). The van der Waals surface area contributed by atoms with Crippen molar-refractivity contribution in [2.24, 2.45) is 0 Å². The molecule has 33 heavy (non-hydrogen) atoms. The Balaban J connectivity index is 1.42. The lowest BCUT2D eigenvalue weighted by Crippen LogP contribution is -2.29. The monoisotopic (exact) mass is 472 g/mol. The Hall–Kier alpha value is -3.79. The maximum Gasteiger partial charge on any atom is 0.262 e. The van der Waals surface area contributed by atoms with Gasteiger partial charge < -0.3 is 19.5 Å². The van der Waals surface area contributed by atoms with Gasteiger partial charge in [-0.25, -0.2) is 12.8 Å². The number of ether oxygens (including phenoxy) is 3. The van der Waals surface area contributed by atoms with Crippen LogP contribution in [0.15, 0.2) is 71.6 Å². The van der Waals surface area contributed by atoms with Crippen LogP contribution >= 0.6 is 0 Å². The van der Waals surface area contributed by atoms with Crippen LogP contribution in [0.3, 0.4) is 0 Å². The molecule has 8 nitrogen and oxygen atoms in total. The molecule has 10 heteroatoms. The second-order valence-corrected chi connectivity index (χ2v) is 8.67. The third-order valence-electron chi connectivity index (χ3n) is 4.72. The van der Waals surface area contributed by atoms with Crippen molar-refractivity contribution in [3.05, 3.63) is 78.1 Å². The molecular formula is C23H21FN2O6S. The van der Waals surface area contributed by atoms with Gasteiger partial charge in [0.05, 0.1) is 22.7 Å². The predicted octanol–water partition coefficient (Wildman–Crippen LogP) is 3.21. The van der Waals surface area contributed by atoms with Crippen LogP contribution in [-0.4, -0.2) is 40.7 Å². The molecule has 3 aromatic rings. The van der Waals surface area contributed by atoms with E-state index in [0.29, 0.717) is 24.7 Å². The number of anilines is 1. The molecule has 0 aromatic heterocycles. The van der Waals surface area contributed by atoms with Crippen molar-refractivity contribution in [2.75, 3.05) is 31.1 Å². The van der Waals surface area contributed by atoms with Gasteiger partial charge in [-0.05, 0) is 36.4 Å². The van der Waals surface area contributed by atoms with Gasteiger partial charge in [-0.1, -0.05) is 24.3 Å². The van der Waals surface area contributed by atoms with E-state index < -0.39 is 21.7 Å². The van der Waals surface area contributed by atoms with E-state index in [2.05, 4.69) is 10.0 Å². The lowest BCUT2D eigenvalue weighted by molar-refractivity contribution is 0.0947.